The summed E-state index contributed by atoms with van der Waals surface area (Å²) in [7, 11) is 0. The Bertz CT molecular complexity index is 260. The Morgan fingerprint density at radius 2 is 2.50 bits per heavy atom. The molecule has 0 radical (unpaired) electrons. The van der Waals surface area contributed by atoms with Crippen molar-refractivity contribution in [2.24, 2.45) is 0 Å². The van der Waals surface area contributed by atoms with E-state index in [1.807, 2.05) is 19.1 Å². The zero-order chi connectivity index (χ0) is 7.40. The fraction of sp³-hybridized carbons (Fsp3) is 0.250. The van der Waals surface area contributed by atoms with Crippen LogP contribution in [0.1, 0.15) is 11.3 Å². The van der Waals surface area contributed by atoms with Gasteiger partial charge in [0.15, 0.2) is 0 Å². The Morgan fingerprint density at radius 1 is 1.70 bits per heavy atom. The number of hydrogen-bond acceptors (Lipinski definition) is 2. The molecule has 0 aliphatic heterocycles. The summed E-state index contributed by atoms with van der Waals surface area (Å²) in [5, 5.41) is 8.35. The Hall–Kier alpha value is -1.36. The van der Waals surface area contributed by atoms with Crippen molar-refractivity contribution in [2.75, 3.05) is 0 Å². The second-order valence-corrected chi connectivity index (χ2v) is 2.10. The van der Waals surface area contributed by atoms with Crippen LogP contribution in [0.15, 0.2) is 18.3 Å². The van der Waals surface area contributed by atoms with Crippen LogP contribution in [0.4, 0.5) is 0 Å². The first-order valence-electron chi connectivity index (χ1n) is 3.12. The van der Waals surface area contributed by atoms with Crippen molar-refractivity contribution in [3.63, 3.8) is 0 Å². The van der Waals surface area contributed by atoms with Gasteiger partial charge in [-0.25, -0.2) is 0 Å². The molecule has 2 heteroatoms. The van der Waals surface area contributed by atoms with Crippen LogP contribution in [0.25, 0.3) is 0 Å². The molecular formula is C8H8N2. The maximum atomic E-state index is 8.35. The lowest BCUT2D eigenvalue weighted by Crippen LogP contribution is -1.89. The van der Waals surface area contributed by atoms with Crippen LogP contribution in [-0.2, 0) is 6.42 Å². The number of nitriles is 1. The van der Waals surface area contributed by atoms with Gasteiger partial charge < -0.3 is 0 Å². The van der Waals surface area contributed by atoms with Crippen LogP contribution < -0.4 is 0 Å². The molecule has 0 bridgehead atoms. The minimum absolute atomic E-state index is 0.409. The molecule has 0 saturated carbocycles. The summed E-state index contributed by atoms with van der Waals surface area (Å²) >= 11 is 0. The zero-order valence-corrected chi connectivity index (χ0v) is 5.83. The Kier molecular flexibility index (Phi) is 2.01. The Labute approximate surface area is 60.1 Å². The van der Waals surface area contributed by atoms with Crippen molar-refractivity contribution in [3.8, 4) is 6.07 Å². The standard InChI is InChI=1S/C8H8N2/c1-7-3-2-6-10-8(7)4-5-9/h2-3,6H,4H2,1H3. The third kappa shape index (κ3) is 1.32. The monoisotopic (exact) mass is 132 g/mol. The molecule has 0 aliphatic rings. The summed E-state index contributed by atoms with van der Waals surface area (Å²) in [5.41, 5.74) is 1.97. The smallest absolute Gasteiger partial charge is 0.0777 e. The number of pyridine rings is 1. The van der Waals surface area contributed by atoms with Gasteiger partial charge in [0.25, 0.3) is 0 Å². The highest BCUT2D eigenvalue weighted by molar-refractivity contribution is 5.19. The Balaban J connectivity index is 2.94. The lowest BCUT2D eigenvalue weighted by atomic mass is 10.2. The van der Waals surface area contributed by atoms with E-state index in [0.29, 0.717) is 6.42 Å². The van der Waals surface area contributed by atoms with Gasteiger partial charge in [-0.2, -0.15) is 5.26 Å². The third-order valence-corrected chi connectivity index (χ3v) is 1.36. The van der Waals surface area contributed by atoms with Crippen molar-refractivity contribution in [1.82, 2.24) is 4.98 Å². The molecule has 0 unspecified atom stereocenters. The van der Waals surface area contributed by atoms with Gasteiger partial charge in [0, 0.05) is 6.20 Å². The van der Waals surface area contributed by atoms with E-state index in [4.69, 9.17) is 5.26 Å². The van der Waals surface area contributed by atoms with Gasteiger partial charge in [-0.1, -0.05) is 6.07 Å². The van der Waals surface area contributed by atoms with Gasteiger partial charge in [-0.15, -0.1) is 0 Å². The maximum absolute atomic E-state index is 8.35. The second-order valence-electron chi connectivity index (χ2n) is 2.10. The highest BCUT2D eigenvalue weighted by Crippen LogP contribution is 2.02. The van der Waals surface area contributed by atoms with E-state index >= 15 is 0 Å². The van der Waals surface area contributed by atoms with E-state index in [1.165, 1.54) is 0 Å². The van der Waals surface area contributed by atoms with E-state index in [-0.39, 0.29) is 0 Å². The van der Waals surface area contributed by atoms with Gasteiger partial charge in [0.2, 0.25) is 0 Å². The first-order valence-corrected chi connectivity index (χ1v) is 3.12. The summed E-state index contributed by atoms with van der Waals surface area (Å²) in [6.07, 6.45) is 2.12. The second kappa shape index (κ2) is 2.98. The van der Waals surface area contributed by atoms with Crippen LogP contribution in [0.3, 0.4) is 0 Å². The van der Waals surface area contributed by atoms with E-state index in [9.17, 15) is 0 Å². The molecule has 0 spiro atoms. The van der Waals surface area contributed by atoms with Gasteiger partial charge in [-0.3, -0.25) is 4.98 Å². The average Bonchev–Trinajstić information content (AvgIpc) is 1.94. The van der Waals surface area contributed by atoms with Gasteiger partial charge in [0.05, 0.1) is 18.2 Å². The first kappa shape index (κ1) is 6.76. The lowest BCUT2D eigenvalue weighted by molar-refractivity contribution is 1.08. The third-order valence-electron chi connectivity index (χ3n) is 1.36. The average molecular weight is 132 g/mol. The lowest BCUT2D eigenvalue weighted by Gasteiger charge is -1.95. The molecule has 1 rings (SSSR count). The van der Waals surface area contributed by atoms with Gasteiger partial charge in [0.1, 0.15) is 0 Å². The molecule has 10 heavy (non-hydrogen) atoms. The number of aromatic nitrogens is 1. The molecule has 2 nitrogen and oxygen atoms in total. The first-order chi connectivity index (χ1) is 4.84. The number of rotatable bonds is 1. The van der Waals surface area contributed by atoms with Crippen molar-refractivity contribution < 1.29 is 0 Å². The quantitative estimate of drug-likeness (QED) is 0.580. The normalized spacial score (nSPS) is 8.80. The van der Waals surface area contributed by atoms with Crippen LogP contribution in [0.2, 0.25) is 0 Å². The summed E-state index contributed by atoms with van der Waals surface area (Å²) in [6, 6.07) is 5.89. The van der Waals surface area contributed by atoms with Crippen LogP contribution in [0.5, 0.6) is 0 Å². The van der Waals surface area contributed by atoms with Crippen LogP contribution in [0, 0.1) is 18.3 Å². The number of hydrogen-bond donors (Lipinski definition) is 0. The SMILES string of the molecule is Cc1cccnc1CC#N. The van der Waals surface area contributed by atoms with Crippen molar-refractivity contribution in [3.05, 3.63) is 29.6 Å². The predicted octanol–water partition coefficient (Wildman–Crippen LogP) is 1.46. The highest BCUT2D eigenvalue weighted by atomic mass is 14.7. The van der Waals surface area contributed by atoms with E-state index in [0.717, 1.165) is 11.3 Å². The van der Waals surface area contributed by atoms with Gasteiger partial charge in [-0.05, 0) is 18.6 Å². The number of nitrogens with zero attached hydrogens (tertiary/aromatic N) is 2. The molecule has 0 fully saturated rings. The molecule has 1 heterocycles. The molecule has 1 aromatic rings. The predicted molar refractivity (Wildman–Crippen MR) is 38.3 cm³/mol. The van der Waals surface area contributed by atoms with Crippen LogP contribution >= 0.6 is 0 Å². The molecule has 0 N–H and O–H groups in total. The molecule has 0 atom stereocenters. The zero-order valence-electron chi connectivity index (χ0n) is 5.83. The summed E-state index contributed by atoms with van der Waals surface area (Å²) < 4.78 is 0. The summed E-state index contributed by atoms with van der Waals surface area (Å²) in [4.78, 5) is 4.05. The molecule has 0 aromatic carbocycles. The molecule has 1 aromatic heterocycles. The molecule has 50 valence electrons. The molecular weight excluding hydrogens is 124 g/mol. The van der Waals surface area contributed by atoms with Crippen molar-refractivity contribution >= 4 is 0 Å². The molecule has 0 aliphatic carbocycles. The fourth-order valence-electron chi connectivity index (χ4n) is 0.778. The molecule has 0 amide bonds. The minimum Gasteiger partial charge on any atom is -0.260 e. The number of aryl methyl sites for hydroxylation is 1. The summed E-state index contributed by atoms with van der Waals surface area (Å²) in [5.74, 6) is 0. The van der Waals surface area contributed by atoms with Crippen LogP contribution in [-0.4, -0.2) is 4.98 Å². The van der Waals surface area contributed by atoms with E-state index in [1.54, 1.807) is 6.20 Å². The van der Waals surface area contributed by atoms with Crippen molar-refractivity contribution in [2.45, 2.75) is 13.3 Å². The molecule has 0 saturated heterocycles. The fourth-order valence-corrected chi connectivity index (χ4v) is 0.778. The topological polar surface area (TPSA) is 36.7 Å². The minimum atomic E-state index is 0.409. The highest BCUT2D eigenvalue weighted by Gasteiger charge is 1.94. The van der Waals surface area contributed by atoms with Crippen molar-refractivity contribution in [1.29, 1.82) is 5.26 Å². The van der Waals surface area contributed by atoms with Gasteiger partial charge >= 0.3 is 0 Å². The Morgan fingerprint density at radius 3 is 3.10 bits per heavy atom. The largest absolute Gasteiger partial charge is 0.260 e. The summed E-state index contributed by atoms with van der Waals surface area (Å²) in [6.45, 7) is 1.96. The van der Waals surface area contributed by atoms with E-state index < -0.39 is 0 Å². The van der Waals surface area contributed by atoms with E-state index in [2.05, 4.69) is 11.1 Å². The maximum Gasteiger partial charge on any atom is 0.0777 e.